The third-order valence-corrected chi connectivity index (χ3v) is 3.39. The summed E-state index contributed by atoms with van der Waals surface area (Å²) in [4.78, 5) is 0. The maximum Gasteiger partial charge on any atom is 0.187 e. The molecule has 0 unspecified atom stereocenters. The summed E-state index contributed by atoms with van der Waals surface area (Å²) >= 11 is 5.04. The summed E-state index contributed by atoms with van der Waals surface area (Å²) in [6, 6.07) is 16.0. The van der Waals surface area contributed by atoms with Gasteiger partial charge in [-0.3, -0.25) is 5.43 Å². The predicted octanol–water partition coefficient (Wildman–Crippen LogP) is 3.56. The van der Waals surface area contributed by atoms with Gasteiger partial charge in [0.05, 0.1) is 6.21 Å². The lowest BCUT2D eigenvalue weighted by molar-refractivity contribution is 0.306. The zero-order valence-electron chi connectivity index (χ0n) is 13.7. The molecule has 2 N–H and O–H groups in total. The SMILES string of the molecule is C=CCNC(=S)N/N=C\c1ccc(OCc2cccc(C)c2)cc1. The van der Waals surface area contributed by atoms with Gasteiger partial charge in [-0.2, -0.15) is 5.10 Å². The summed E-state index contributed by atoms with van der Waals surface area (Å²) in [6.07, 6.45) is 3.43. The smallest absolute Gasteiger partial charge is 0.187 e. The van der Waals surface area contributed by atoms with Crippen LogP contribution in [0.1, 0.15) is 16.7 Å². The van der Waals surface area contributed by atoms with E-state index in [1.807, 2.05) is 30.3 Å². The molecule has 0 bridgehead atoms. The second-order valence-electron chi connectivity index (χ2n) is 5.22. The summed E-state index contributed by atoms with van der Waals surface area (Å²) in [5, 5.41) is 7.47. The maximum atomic E-state index is 5.79. The molecule has 0 fully saturated rings. The van der Waals surface area contributed by atoms with Gasteiger partial charge in [-0.15, -0.1) is 6.58 Å². The number of rotatable bonds is 7. The van der Waals surface area contributed by atoms with Crippen molar-refractivity contribution >= 4 is 23.5 Å². The van der Waals surface area contributed by atoms with Gasteiger partial charge in [-0.1, -0.05) is 35.9 Å². The van der Waals surface area contributed by atoms with Crippen LogP contribution in [0.5, 0.6) is 5.75 Å². The largest absolute Gasteiger partial charge is 0.489 e. The first-order chi connectivity index (χ1) is 11.7. The van der Waals surface area contributed by atoms with Gasteiger partial charge in [0, 0.05) is 6.54 Å². The fourth-order valence-electron chi connectivity index (χ4n) is 1.99. The maximum absolute atomic E-state index is 5.79. The molecule has 2 aromatic carbocycles. The number of aryl methyl sites for hydroxylation is 1. The zero-order chi connectivity index (χ0) is 17.2. The molecule has 124 valence electrons. The molecule has 0 radical (unpaired) electrons. The highest BCUT2D eigenvalue weighted by Crippen LogP contribution is 2.14. The van der Waals surface area contributed by atoms with Gasteiger partial charge in [0.15, 0.2) is 5.11 Å². The number of nitrogens with zero attached hydrogens (tertiary/aromatic N) is 1. The van der Waals surface area contributed by atoms with Crippen LogP contribution in [0.15, 0.2) is 66.3 Å². The lowest BCUT2D eigenvalue weighted by Crippen LogP contribution is -2.31. The molecule has 2 aromatic rings. The van der Waals surface area contributed by atoms with E-state index in [1.165, 1.54) is 5.56 Å². The average molecular weight is 339 g/mol. The zero-order valence-corrected chi connectivity index (χ0v) is 14.5. The van der Waals surface area contributed by atoms with Crippen molar-refractivity contribution in [3.05, 3.63) is 77.9 Å². The van der Waals surface area contributed by atoms with E-state index < -0.39 is 0 Å². The predicted molar refractivity (Wildman–Crippen MR) is 103 cm³/mol. The van der Waals surface area contributed by atoms with Crippen LogP contribution >= 0.6 is 12.2 Å². The van der Waals surface area contributed by atoms with Crippen LogP contribution < -0.4 is 15.5 Å². The monoisotopic (exact) mass is 339 g/mol. The minimum absolute atomic E-state index is 0.462. The Hall–Kier alpha value is -2.66. The van der Waals surface area contributed by atoms with Crippen molar-refractivity contribution in [1.29, 1.82) is 0 Å². The van der Waals surface area contributed by atoms with Crippen LogP contribution in [0.25, 0.3) is 0 Å². The molecule has 24 heavy (non-hydrogen) atoms. The van der Waals surface area contributed by atoms with Crippen LogP contribution in [0.4, 0.5) is 0 Å². The first-order valence-corrected chi connectivity index (χ1v) is 8.04. The molecule has 0 spiro atoms. The van der Waals surface area contributed by atoms with Crippen molar-refractivity contribution in [1.82, 2.24) is 10.7 Å². The summed E-state index contributed by atoms with van der Waals surface area (Å²) in [7, 11) is 0. The average Bonchev–Trinajstić information content (AvgIpc) is 2.59. The molecule has 0 aliphatic carbocycles. The molecule has 4 nitrogen and oxygen atoms in total. The van der Waals surface area contributed by atoms with E-state index in [4.69, 9.17) is 17.0 Å². The molecular weight excluding hydrogens is 318 g/mol. The van der Waals surface area contributed by atoms with Gasteiger partial charge in [0.1, 0.15) is 12.4 Å². The molecule has 0 heterocycles. The van der Waals surface area contributed by atoms with Gasteiger partial charge >= 0.3 is 0 Å². The third kappa shape index (κ3) is 6.22. The van der Waals surface area contributed by atoms with Gasteiger partial charge in [0.2, 0.25) is 0 Å². The highest BCUT2D eigenvalue weighted by molar-refractivity contribution is 7.80. The summed E-state index contributed by atoms with van der Waals surface area (Å²) in [5.74, 6) is 0.824. The Balaban J connectivity index is 1.82. The second kappa shape index (κ2) is 9.47. The van der Waals surface area contributed by atoms with Crippen molar-refractivity contribution in [2.45, 2.75) is 13.5 Å². The number of benzene rings is 2. The van der Waals surface area contributed by atoms with Crippen LogP contribution in [0.3, 0.4) is 0 Å². The van der Waals surface area contributed by atoms with Crippen LogP contribution in [-0.2, 0) is 6.61 Å². The Morgan fingerprint density at radius 1 is 1.25 bits per heavy atom. The normalized spacial score (nSPS) is 10.4. The first-order valence-electron chi connectivity index (χ1n) is 7.63. The van der Waals surface area contributed by atoms with E-state index in [1.54, 1.807) is 12.3 Å². The minimum Gasteiger partial charge on any atom is -0.489 e. The molecular formula is C19H21N3OS. The minimum atomic E-state index is 0.462. The van der Waals surface area contributed by atoms with Crippen LogP contribution in [0, 0.1) is 6.92 Å². The fraction of sp³-hybridized carbons (Fsp3) is 0.158. The number of thiocarbonyl (C=S) groups is 1. The molecule has 0 amide bonds. The van der Waals surface area contributed by atoms with Crippen molar-refractivity contribution in [3.63, 3.8) is 0 Å². The summed E-state index contributed by atoms with van der Waals surface area (Å²) < 4.78 is 5.79. The lowest BCUT2D eigenvalue weighted by atomic mass is 10.1. The van der Waals surface area contributed by atoms with E-state index >= 15 is 0 Å². The standard InChI is InChI=1S/C19H21N3OS/c1-3-11-20-19(24)22-21-13-16-7-9-18(10-8-16)23-14-17-6-4-5-15(2)12-17/h3-10,12-13H,1,11,14H2,2H3,(H2,20,22,24)/b21-13-. The Morgan fingerprint density at radius 2 is 2.04 bits per heavy atom. The Kier molecular flexibility index (Phi) is 6.98. The quantitative estimate of drug-likeness (QED) is 0.350. The van der Waals surface area contributed by atoms with Crippen LogP contribution in [0.2, 0.25) is 0 Å². The lowest BCUT2D eigenvalue weighted by Gasteiger charge is -2.07. The van der Waals surface area contributed by atoms with Gasteiger partial charge in [-0.25, -0.2) is 0 Å². The third-order valence-electron chi connectivity index (χ3n) is 3.15. The van der Waals surface area contributed by atoms with Crippen molar-refractivity contribution < 1.29 is 4.74 Å². The number of hydrogen-bond donors (Lipinski definition) is 2. The fourth-order valence-corrected chi connectivity index (χ4v) is 2.12. The van der Waals surface area contributed by atoms with Gasteiger partial charge < -0.3 is 10.1 Å². The number of hydrogen-bond acceptors (Lipinski definition) is 3. The first kappa shape index (κ1) is 17.7. The highest BCUT2D eigenvalue weighted by atomic mass is 32.1. The van der Waals surface area contributed by atoms with E-state index in [0.717, 1.165) is 16.9 Å². The topological polar surface area (TPSA) is 45.7 Å². The molecule has 0 aliphatic rings. The second-order valence-corrected chi connectivity index (χ2v) is 5.62. The Morgan fingerprint density at radius 3 is 2.75 bits per heavy atom. The molecule has 5 heteroatoms. The summed E-state index contributed by atoms with van der Waals surface area (Å²) in [6.45, 7) is 6.84. The van der Waals surface area contributed by atoms with Crippen molar-refractivity contribution in [2.24, 2.45) is 5.10 Å². The van der Waals surface area contributed by atoms with E-state index in [0.29, 0.717) is 18.3 Å². The van der Waals surface area contributed by atoms with E-state index in [-0.39, 0.29) is 0 Å². The molecule has 0 aromatic heterocycles. The molecule has 0 saturated carbocycles. The van der Waals surface area contributed by atoms with Crippen LogP contribution in [-0.4, -0.2) is 17.9 Å². The van der Waals surface area contributed by atoms with Gasteiger partial charge in [0.25, 0.3) is 0 Å². The highest BCUT2D eigenvalue weighted by Gasteiger charge is 1.97. The number of nitrogens with one attached hydrogen (secondary N) is 2. The number of hydrazone groups is 1. The Bertz CT molecular complexity index is 711. The summed E-state index contributed by atoms with van der Waals surface area (Å²) in [5.41, 5.74) is 6.09. The molecule has 2 rings (SSSR count). The number of ether oxygens (including phenoxy) is 1. The van der Waals surface area contributed by atoms with E-state index in [9.17, 15) is 0 Å². The molecule has 0 aliphatic heterocycles. The van der Waals surface area contributed by atoms with Gasteiger partial charge in [-0.05, 0) is 54.5 Å². The molecule has 0 saturated heterocycles. The van der Waals surface area contributed by atoms with Crippen molar-refractivity contribution in [2.75, 3.05) is 6.54 Å². The van der Waals surface area contributed by atoms with E-state index in [2.05, 4.69) is 47.5 Å². The van der Waals surface area contributed by atoms with Crippen molar-refractivity contribution in [3.8, 4) is 5.75 Å². The molecule has 0 atom stereocenters. The Labute approximate surface area is 148 Å².